The Labute approximate surface area is 82.3 Å². The first-order chi connectivity index (χ1) is 7.09. The Kier molecular flexibility index (Phi) is 1.86. The van der Waals surface area contributed by atoms with Gasteiger partial charge in [-0.25, -0.2) is 9.59 Å². The molecule has 76 valence electrons. The average Bonchev–Trinajstić information content (AvgIpc) is 2.62. The molecule has 0 atom stereocenters. The van der Waals surface area contributed by atoms with Crippen molar-refractivity contribution >= 4 is 23.0 Å². The molecule has 0 bridgehead atoms. The number of carboxylic acids is 2. The molecule has 0 spiro atoms. The van der Waals surface area contributed by atoms with Gasteiger partial charge >= 0.3 is 11.9 Å². The van der Waals surface area contributed by atoms with Crippen molar-refractivity contribution in [3.8, 4) is 0 Å². The number of carbonyl (C=O) groups is 2. The van der Waals surface area contributed by atoms with E-state index in [-0.39, 0.29) is 22.2 Å². The van der Waals surface area contributed by atoms with Gasteiger partial charge in [-0.3, -0.25) is 0 Å². The molecule has 0 amide bonds. The van der Waals surface area contributed by atoms with Gasteiger partial charge in [0.15, 0.2) is 0 Å². The lowest BCUT2D eigenvalue weighted by Crippen LogP contribution is -2.03. The van der Waals surface area contributed by atoms with Crippen molar-refractivity contribution in [3.63, 3.8) is 0 Å². The van der Waals surface area contributed by atoms with Crippen molar-refractivity contribution in [2.45, 2.75) is 0 Å². The normalized spacial score (nSPS) is 10.4. The Hall–Kier alpha value is -2.44. The van der Waals surface area contributed by atoms with E-state index in [1.54, 1.807) is 0 Å². The number of carboxylic acid groups (broad SMARTS) is 2. The smallest absolute Gasteiger partial charge is 0.338 e. The number of hydrogen-bond acceptors (Lipinski definition) is 4. The maximum Gasteiger partial charge on any atom is 0.338 e. The maximum atomic E-state index is 10.8. The molecule has 2 rings (SSSR count). The summed E-state index contributed by atoms with van der Waals surface area (Å²) < 4.78 is 0. The van der Waals surface area contributed by atoms with Crippen LogP contribution in [0.15, 0.2) is 12.1 Å². The highest BCUT2D eigenvalue weighted by molar-refractivity contribution is 6.04. The van der Waals surface area contributed by atoms with Crippen molar-refractivity contribution < 1.29 is 19.8 Å². The van der Waals surface area contributed by atoms with Gasteiger partial charge in [-0.1, -0.05) is 0 Å². The second-order valence-electron chi connectivity index (χ2n) is 2.83. The average molecular weight is 207 g/mol. The number of aromatic amines is 1. The van der Waals surface area contributed by atoms with Gasteiger partial charge in [-0.15, -0.1) is 0 Å². The molecule has 0 fully saturated rings. The van der Waals surface area contributed by atoms with E-state index in [9.17, 15) is 9.59 Å². The second kappa shape index (κ2) is 3.05. The zero-order chi connectivity index (χ0) is 11.0. The molecule has 3 N–H and O–H groups in total. The summed E-state index contributed by atoms with van der Waals surface area (Å²) in [6.07, 6.45) is 0. The Bertz CT molecular complexity index is 560. The van der Waals surface area contributed by atoms with Gasteiger partial charge in [0.25, 0.3) is 0 Å². The Morgan fingerprint density at radius 1 is 1.13 bits per heavy atom. The van der Waals surface area contributed by atoms with E-state index in [4.69, 9.17) is 10.2 Å². The summed E-state index contributed by atoms with van der Waals surface area (Å²) in [6.45, 7) is 0. The number of nitrogens with zero attached hydrogens (tertiary/aromatic N) is 2. The van der Waals surface area contributed by atoms with Crippen LogP contribution in [0.2, 0.25) is 0 Å². The zero-order valence-electron chi connectivity index (χ0n) is 7.26. The van der Waals surface area contributed by atoms with Crippen molar-refractivity contribution in [2.24, 2.45) is 0 Å². The number of H-pyrrole nitrogens is 1. The molecular weight excluding hydrogens is 202 g/mol. The summed E-state index contributed by atoms with van der Waals surface area (Å²) in [5.74, 6) is -2.45. The van der Waals surface area contributed by atoms with E-state index in [1.807, 2.05) is 0 Å². The zero-order valence-corrected chi connectivity index (χ0v) is 7.26. The van der Waals surface area contributed by atoms with Gasteiger partial charge in [0.1, 0.15) is 11.0 Å². The Morgan fingerprint density at radius 2 is 1.87 bits per heavy atom. The van der Waals surface area contributed by atoms with Gasteiger partial charge in [0.2, 0.25) is 0 Å². The van der Waals surface area contributed by atoms with E-state index < -0.39 is 11.9 Å². The number of hydrogen-bond donors (Lipinski definition) is 3. The quantitative estimate of drug-likeness (QED) is 0.654. The predicted octanol–water partition coefficient (Wildman–Crippen LogP) is 0.354. The van der Waals surface area contributed by atoms with Crippen LogP contribution in [0.5, 0.6) is 0 Å². The predicted molar refractivity (Wildman–Crippen MR) is 47.8 cm³/mol. The second-order valence-corrected chi connectivity index (χ2v) is 2.83. The number of nitrogens with one attached hydrogen (secondary N) is 1. The molecule has 0 aliphatic heterocycles. The third kappa shape index (κ3) is 1.39. The van der Waals surface area contributed by atoms with Gasteiger partial charge in [-0.05, 0) is 12.1 Å². The van der Waals surface area contributed by atoms with Crippen molar-refractivity contribution in [1.29, 1.82) is 0 Å². The third-order valence-corrected chi connectivity index (χ3v) is 1.90. The molecule has 0 saturated heterocycles. The van der Waals surface area contributed by atoms with Crippen molar-refractivity contribution in [1.82, 2.24) is 15.4 Å². The molecule has 0 radical (unpaired) electrons. The van der Waals surface area contributed by atoms with Crippen LogP contribution in [-0.2, 0) is 0 Å². The van der Waals surface area contributed by atoms with Crippen LogP contribution >= 0.6 is 0 Å². The summed E-state index contributed by atoms with van der Waals surface area (Å²) in [5.41, 5.74) is 0.0484. The first-order valence-electron chi connectivity index (χ1n) is 3.90. The SMILES string of the molecule is O=C(O)c1cc(C(=O)O)c2n[nH]nc2c1. The van der Waals surface area contributed by atoms with Gasteiger partial charge in [0, 0.05) is 0 Å². The third-order valence-electron chi connectivity index (χ3n) is 1.90. The fourth-order valence-electron chi connectivity index (χ4n) is 1.24. The summed E-state index contributed by atoms with van der Waals surface area (Å²) in [5, 5.41) is 27.1. The minimum Gasteiger partial charge on any atom is -0.478 e. The molecule has 0 aliphatic rings. The molecule has 15 heavy (non-hydrogen) atoms. The van der Waals surface area contributed by atoms with Crippen LogP contribution in [0.4, 0.5) is 0 Å². The van der Waals surface area contributed by atoms with Crippen LogP contribution in [-0.4, -0.2) is 37.6 Å². The Balaban J connectivity index is 2.80. The largest absolute Gasteiger partial charge is 0.478 e. The van der Waals surface area contributed by atoms with E-state index in [0.29, 0.717) is 0 Å². The number of aromatic carboxylic acids is 2. The first kappa shape index (κ1) is 9.13. The standard InChI is InChI=1S/C8H5N3O4/c12-7(13)3-1-4(8(14)15)6-5(2-3)9-11-10-6/h1-2H,(H,12,13)(H,14,15)(H,9,10,11). The first-order valence-corrected chi connectivity index (χ1v) is 3.90. The number of fused-ring (bicyclic) bond motifs is 1. The molecule has 0 unspecified atom stereocenters. The van der Waals surface area contributed by atoms with E-state index in [0.717, 1.165) is 6.07 Å². The van der Waals surface area contributed by atoms with Crippen LogP contribution in [0.25, 0.3) is 11.0 Å². The monoisotopic (exact) mass is 207 g/mol. The molecule has 1 heterocycles. The molecule has 0 saturated carbocycles. The maximum absolute atomic E-state index is 10.8. The lowest BCUT2D eigenvalue weighted by atomic mass is 10.1. The Morgan fingerprint density at radius 3 is 2.47 bits per heavy atom. The van der Waals surface area contributed by atoms with Gasteiger partial charge < -0.3 is 10.2 Å². The van der Waals surface area contributed by atoms with Gasteiger partial charge in [0.05, 0.1) is 11.1 Å². The molecule has 0 aliphatic carbocycles. The lowest BCUT2D eigenvalue weighted by molar-refractivity contribution is 0.0696. The summed E-state index contributed by atoms with van der Waals surface area (Å²) in [4.78, 5) is 21.5. The lowest BCUT2D eigenvalue weighted by Gasteiger charge is -1.97. The van der Waals surface area contributed by atoms with Crippen LogP contribution < -0.4 is 0 Å². The van der Waals surface area contributed by atoms with Crippen molar-refractivity contribution in [2.75, 3.05) is 0 Å². The fourth-order valence-corrected chi connectivity index (χ4v) is 1.24. The highest BCUT2D eigenvalue weighted by atomic mass is 16.4. The van der Waals surface area contributed by atoms with E-state index in [2.05, 4.69) is 15.4 Å². The molecule has 7 heteroatoms. The topological polar surface area (TPSA) is 116 Å². The molecule has 2 aromatic rings. The van der Waals surface area contributed by atoms with E-state index >= 15 is 0 Å². The summed E-state index contributed by atoms with van der Waals surface area (Å²) in [6, 6.07) is 2.31. The minimum atomic E-state index is -1.24. The molecule has 1 aromatic heterocycles. The van der Waals surface area contributed by atoms with Crippen LogP contribution in [0.1, 0.15) is 20.7 Å². The van der Waals surface area contributed by atoms with Crippen LogP contribution in [0.3, 0.4) is 0 Å². The highest BCUT2D eigenvalue weighted by Gasteiger charge is 2.16. The number of rotatable bonds is 2. The number of benzene rings is 1. The molecular formula is C8H5N3O4. The highest BCUT2D eigenvalue weighted by Crippen LogP contribution is 2.17. The molecule has 1 aromatic carbocycles. The fraction of sp³-hybridized carbons (Fsp3) is 0. The van der Waals surface area contributed by atoms with Crippen LogP contribution in [0, 0.1) is 0 Å². The minimum absolute atomic E-state index is 0.131. The van der Waals surface area contributed by atoms with E-state index in [1.165, 1.54) is 6.07 Å². The summed E-state index contributed by atoms with van der Waals surface area (Å²) in [7, 11) is 0. The van der Waals surface area contributed by atoms with Crippen molar-refractivity contribution in [3.05, 3.63) is 23.3 Å². The summed E-state index contributed by atoms with van der Waals surface area (Å²) >= 11 is 0. The molecule has 7 nitrogen and oxygen atoms in total. The van der Waals surface area contributed by atoms with Gasteiger partial charge in [-0.2, -0.15) is 15.4 Å². The number of aromatic nitrogens is 3.